The lowest BCUT2D eigenvalue weighted by molar-refractivity contribution is 0.0696. The summed E-state index contributed by atoms with van der Waals surface area (Å²) in [6.45, 7) is 1.66. The molecule has 0 atom stereocenters. The van der Waals surface area contributed by atoms with Crippen LogP contribution in [0.25, 0.3) is 0 Å². The van der Waals surface area contributed by atoms with E-state index in [0.717, 1.165) is 0 Å². The summed E-state index contributed by atoms with van der Waals surface area (Å²) in [7, 11) is 0. The standard InChI is InChI=1S/C9H6BrNO2/c1-5-7(9(12)13)3-2-6(4-11)8(5)10/h2-3H,1H3,(H,12,13). The highest BCUT2D eigenvalue weighted by Crippen LogP contribution is 2.23. The molecule has 0 aromatic heterocycles. The lowest BCUT2D eigenvalue weighted by Gasteiger charge is -2.03. The number of carboxylic acid groups (broad SMARTS) is 1. The summed E-state index contributed by atoms with van der Waals surface area (Å²) in [6, 6.07) is 4.88. The highest BCUT2D eigenvalue weighted by Gasteiger charge is 2.11. The van der Waals surface area contributed by atoms with Crippen molar-refractivity contribution < 1.29 is 9.90 Å². The molecule has 0 saturated carbocycles. The number of carbonyl (C=O) groups is 1. The fourth-order valence-electron chi connectivity index (χ4n) is 1.00. The summed E-state index contributed by atoms with van der Waals surface area (Å²) in [4.78, 5) is 10.7. The van der Waals surface area contributed by atoms with Gasteiger partial charge in [0.25, 0.3) is 0 Å². The van der Waals surface area contributed by atoms with Gasteiger partial charge >= 0.3 is 5.97 Å². The van der Waals surface area contributed by atoms with Gasteiger partial charge in [-0.2, -0.15) is 5.26 Å². The number of hydrogen-bond acceptors (Lipinski definition) is 2. The van der Waals surface area contributed by atoms with Gasteiger partial charge in [0.05, 0.1) is 11.1 Å². The van der Waals surface area contributed by atoms with Gasteiger partial charge < -0.3 is 5.11 Å². The molecule has 1 rings (SSSR count). The predicted octanol–water partition coefficient (Wildman–Crippen LogP) is 2.33. The molecule has 1 aromatic rings. The molecule has 0 saturated heterocycles. The molecule has 1 aromatic carbocycles. The summed E-state index contributed by atoms with van der Waals surface area (Å²) in [6.07, 6.45) is 0. The van der Waals surface area contributed by atoms with Crippen molar-refractivity contribution in [1.29, 1.82) is 5.26 Å². The van der Waals surface area contributed by atoms with Crippen molar-refractivity contribution in [2.75, 3.05) is 0 Å². The normalized spacial score (nSPS) is 9.31. The SMILES string of the molecule is Cc1c(C(=O)O)ccc(C#N)c1Br. The van der Waals surface area contributed by atoms with E-state index >= 15 is 0 Å². The molecule has 0 bridgehead atoms. The zero-order chi connectivity index (χ0) is 10.0. The Hall–Kier alpha value is -1.34. The Morgan fingerprint density at radius 1 is 1.62 bits per heavy atom. The number of aromatic carboxylic acids is 1. The quantitative estimate of drug-likeness (QED) is 0.819. The van der Waals surface area contributed by atoms with Gasteiger partial charge in [0.1, 0.15) is 6.07 Å². The molecule has 1 N–H and O–H groups in total. The van der Waals surface area contributed by atoms with Crippen LogP contribution in [-0.4, -0.2) is 11.1 Å². The Labute approximate surface area is 83.7 Å². The number of nitrogens with zero attached hydrogens (tertiary/aromatic N) is 1. The minimum atomic E-state index is -0.984. The first-order valence-corrected chi connectivity index (χ1v) is 4.29. The zero-order valence-electron chi connectivity index (χ0n) is 6.84. The van der Waals surface area contributed by atoms with E-state index in [2.05, 4.69) is 15.9 Å². The molecule has 13 heavy (non-hydrogen) atoms. The second kappa shape index (κ2) is 3.58. The highest BCUT2D eigenvalue weighted by molar-refractivity contribution is 9.10. The lowest BCUT2D eigenvalue weighted by atomic mass is 10.1. The second-order valence-electron chi connectivity index (χ2n) is 2.52. The first-order valence-electron chi connectivity index (χ1n) is 3.50. The van der Waals surface area contributed by atoms with Crippen LogP contribution in [0.5, 0.6) is 0 Å². The van der Waals surface area contributed by atoms with Crippen LogP contribution in [0.3, 0.4) is 0 Å². The molecule has 66 valence electrons. The molecule has 0 fully saturated rings. The van der Waals surface area contributed by atoms with Crippen molar-refractivity contribution in [3.05, 3.63) is 33.3 Å². The van der Waals surface area contributed by atoms with Crippen LogP contribution in [0.4, 0.5) is 0 Å². The molecule has 0 aliphatic rings. The van der Waals surface area contributed by atoms with Gasteiger partial charge in [0.2, 0.25) is 0 Å². The van der Waals surface area contributed by atoms with Crippen molar-refractivity contribution in [2.24, 2.45) is 0 Å². The first-order chi connectivity index (χ1) is 6.07. The largest absolute Gasteiger partial charge is 0.478 e. The Balaban J connectivity index is 3.42. The Morgan fingerprint density at radius 2 is 2.23 bits per heavy atom. The van der Waals surface area contributed by atoms with Gasteiger partial charge in [0, 0.05) is 4.47 Å². The topological polar surface area (TPSA) is 61.1 Å². The second-order valence-corrected chi connectivity index (χ2v) is 3.31. The predicted molar refractivity (Wildman–Crippen MR) is 50.6 cm³/mol. The molecule has 3 nitrogen and oxygen atoms in total. The molecule has 4 heteroatoms. The van der Waals surface area contributed by atoms with Crippen LogP contribution in [0.1, 0.15) is 21.5 Å². The molecule has 0 unspecified atom stereocenters. The van der Waals surface area contributed by atoms with Gasteiger partial charge in [-0.05, 0) is 40.5 Å². The maximum absolute atomic E-state index is 10.7. The zero-order valence-corrected chi connectivity index (χ0v) is 8.42. The van der Waals surface area contributed by atoms with E-state index in [4.69, 9.17) is 10.4 Å². The Bertz CT molecular complexity index is 407. The third-order valence-corrected chi connectivity index (χ3v) is 2.76. The van der Waals surface area contributed by atoms with Gasteiger partial charge in [-0.1, -0.05) is 0 Å². The summed E-state index contributed by atoms with van der Waals surface area (Å²) < 4.78 is 0.551. The number of rotatable bonds is 1. The van der Waals surface area contributed by atoms with Gasteiger partial charge in [-0.15, -0.1) is 0 Å². The minimum absolute atomic E-state index is 0.214. The van der Waals surface area contributed by atoms with Crippen LogP contribution in [0.2, 0.25) is 0 Å². The van der Waals surface area contributed by atoms with E-state index in [1.54, 1.807) is 6.92 Å². The maximum atomic E-state index is 10.7. The summed E-state index contributed by atoms with van der Waals surface area (Å²) >= 11 is 3.17. The van der Waals surface area contributed by atoms with E-state index in [9.17, 15) is 4.79 Å². The highest BCUT2D eigenvalue weighted by atomic mass is 79.9. The number of hydrogen-bond donors (Lipinski definition) is 1. The number of benzene rings is 1. The third-order valence-electron chi connectivity index (χ3n) is 1.74. The van der Waals surface area contributed by atoms with Crippen LogP contribution < -0.4 is 0 Å². The molecule has 0 amide bonds. The van der Waals surface area contributed by atoms with Gasteiger partial charge in [0.15, 0.2) is 0 Å². The monoisotopic (exact) mass is 239 g/mol. The van der Waals surface area contributed by atoms with Gasteiger partial charge in [-0.3, -0.25) is 0 Å². The summed E-state index contributed by atoms with van der Waals surface area (Å²) in [5.74, 6) is -0.984. The number of nitriles is 1. The maximum Gasteiger partial charge on any atom is 0.335 e. The van der Waals surface area contributed by atoms with Crippen molar-refractivity contribution in [3.8, 4) is 6.07 Å². The molecular weight excluding hydrogens is 234 g/mol. The third kappa shape index (κ3) is 1.70. The minimum Gasteiger partial charge on any atom is -0.478 e. The lowest BCUT2D eigenvalue weighted by Crippen LogP contribution is -2.00. The fraction of sp³-hybridized carbons (Fsp3) is 0.111. The molecule has 0 heterocycles. The molecule has 0 spiro atoms. The van der Waals surface area contributed by atoms with Gasteiger partial charge in [-0.25, -0.2) is 4.79 Å². The Kier molecular flexibility index (Phi) is 2.69. The van der Waals surface area contributed by atoms with Crippen LogP contribution in [0.15, 0.2) is 16.6 Å². The summed E-state index contributed by atoms with van der Waals surface area (Å²) in [5, 5.41) is 17.4. The van der Waals surface area contributed by atoms with Crippen LogP contribution in [-0.2, 0) is 0 Å². The van der Waals surface area contributed by atoms with E-state index < -0.39 is 5.97 Å². The van der Waals surface area contributed by atoms with Crippen molar-refractivity contribution in [2.45, 2.75) is 6.92 Å². The number of carboxylic acids is 1. The first kappa shape index (κ1) is 9.75. The van der Waals surface area contributed by atoms with Crippen molar-refractivity contribution in [1.82, 2.24) is 0 Å². The van der Waals surface area contributed by atoms with Crippen LogP contribution >= 0.6 is 15.9 Å². The smallest absolute Gasteiger partial charge is 0.335 e. The van der Waals surface area contributed by atoms with Crippen molar-refractivity contribution in [3.63, 3.8) is 0 Å². The van der Waals surface area contributed by atoms with E-state index in [1.807, 2.05) is 6.07 Å². The molecule has 0 aliphatic carbocycles. The molecular formula is C9H6BrNO2. The average molecular weight is 240 g/mol. The average Bonchev–Trinajstić information content (AvgIpc) is 2.09. The van der Waals surface area contributed by atoms with Crippen LogP contribution in [0, 0.1) is 18.3 Å². The van der Waals surface area contributed by atoms with E-state index in [-0.39, 0.29) is 5.56 Å². The fourth-order valence-corrected chi connectivity index (χ4v) is 1.44. The summed E-state index contributed by atoms with van der Waals surface area (Å²) in [5.41, 5.74) is 1.24. The van der Waals surface area contributed by atoms with E-state index in [0.29, 0.717) is 15.6 Å². The van der Waals surface area contributed by atoms with Crippen molar-refractivity contribution >= 4 is 21.9 Å². The number of halogens is 1. The Morgan fingerprint density at radius 3 is 2.69 bits per heavy atom. The van der Waals surface area contributed by atoms with E-state index in [1.165, 1.54) is 12.1 Å². The molecule has 0 radical (unpaired) electrons. The molecule has 0 aliphatic heterocycles.